The van der Waals surface area contributed by atoms with E-state index in [2.05, 4.69) is 5.32 Å². The maximum atomic E-state index is 13.6. The van der Waals surface area contributed by atoms with E-state index in [-0.39, 0.29) is 47.2 Å². The van der Waals surface area contributed by atoms with E-state index in [9.17, 15) is 27.6 Å². The molecule has 1 N–H and O–H groups in total. The molecule has 0 bridgehead atoms. The van der Waals surface area contributed by atoms with E-state index < -0.39 is 23.7 Å². The van der Waals surface area contributed by atoms with E-state index in [1.54, 1.807) is 28.0 Å². The summed E-state index contributed by atoms with van der Waals surface area (Å²) in [6, 6.07) is 7.96. The Kier molecular flexibility index (Phi) is 9.58. The van der Waals surface area contributed by atoms with Crippen molar-refractivity contribution in [1.29, 1.82) is 0 Å². The molecule has 0 spiro atoms. The highest BCUT2D eigenvalue weighted by Crippen LogP contribution is 2.35. The molecule has 2 aromatic carbocycles. The Morgan fingerprint density at radius 1 is 0.950 bits per heavy atom. The second kappa shape index (κ2) is 12.6. The fourth-order valence-corrected chi connectivity index (χ4v) is 5.99. The van der Waals surface area contributed by atoms with Crippen LogP contribution in [0.2, 0.25) is 10.0 Å². The molecular weight excluding hydrogens is 590 g/mol. The van der Waals surface area contributed by atoms with Crippen molar-refractivity contribution in [1.82, 2.24) is 15.1 Å². The van der Waals surface area contributed by atoms with Crippen LogP contribution in [0.25, 0.3) is 0 Å². The van der Waals surface area contributed by atoms with Gasteiger partial charge >= 0.3 is 6.18 Å². The first-order valence-corrected chi connectivity index (χ1v) is 14.2. The molecule has 0 aliphatic carbocycles. The number of benzene rings is 2. The van der Waals surface area contributed by atoms with Crippen molar-refractivity contribution >= 4 is 52.5 Å². The molecule has 3 amide bonds. The van der Waals surface area contributed by atoms with Crippen LogP contribution in [0.3, 0.4) is 0 Å². The van der Waals surface area contributed by atoms with E-state index in [1.807, 2.05) is 0 Å². The molecule has 0 saturated carbocycles. The number of hydrogen-bond donors (Lipinski definition) is 1. The first-order chi connectivity index (χ1) is 18.9. The second-order valence-electron chi connectivity index (χ2n) is 10.2. The van der Waals surface area contributed by atoms with Crippen LogP contribution < -0.4 is 5.32 Å². The normalized spacial score (nSPS) is 20.4. The molecule has 40 heavy (non-hydrogen) atoms. The van der Waals surface area contributed by atoms with Crippen LogP contribution in [0, 0.1) is 5.92 Å². The lowest BCUT2D eigenvalue weighted by Crippen LogP contribution is -2.53. The average molecular weight is 619 g/mol. The van der Waals surface area contributed by atoms with Gasteiger partial charge < -0.3 is 15.1 Å². The third-order valence-electron chi connectivity index (χ3n) is 7.72. The Hall–Kier alpha value is -2.49. The molecule has 2 fully saturated rings. The molecule has 2 aromatic rings. The Balaban J connectivity index is 1.55. The summed E-state index contributed by atoms with van der Waals surface area (Å²) < 4.78 is 40.7. The molecule has 6 nitrogen and oxygen atoms in total. The highest BCUT2D eigenvalue weighted by molar-refractivity contribution is 6.42. The number of nitrogens with zero attached hydrogens (tertiary/aromatic N) is 2. The lowest BCUT2D eigenvalue weighted by Gasteiger charge is -2.41. The number of amides is 3. The van der Waals surface area contributed by atoms with Crippen molar-refractivity contribution in [3.8, 4) is 0 Å². The molecule has 2 aliphatic rings. The Labute approximate surface area is 245 Å². The minimum atomic E-state index is -4.66. The van der Waals surface area contributed by atoms with Gasteiger partial charge in [-0.15, -0.1) is 11.6 Å². The molecule has 2 unspecified atom stereocenters. The summed E-state index contributed by atoms with van der Waals surface area (Å²) >= 11 is 18.1. The number of nitrogens with one attached hydrogen (secondary N) is 1. The summed E-state index contributed by atoms with van der Waals surface area (Å²) in [6.45, 7) is 3.22. The van der Waals surface area contributed by atoms with Crippen LogP contribution in [0.5, 0.6) is 0 Å². The van der Waals surface area contributed by atoms with Gasteiger partial charge in [0.2, 0.25) is 11.8 Å². The van der Waals surface area contributed by atoms with Gasteiger partial charge in [0.15, 0.2) is 0 Å². The van der Waals surface area contributed by atoms with Crippen molar-refractivity contribution in [2.75, 3.05) is 26.2 Å². The van der Waals surface area contributed by atoms with Crippen LogP contribution in [-0.4, -0.2) is 59.7 Å². The van der Waals surface area contributed by atoms with E-state index in [0.29, 0.717) is 48.9 Å². The smallest absolute Gasteiger partial charge is 0.349 e. The minimum absolute atomic E-state index is 0.00970. The largest absolute Gasteiger partial charge is 0.416 e. The zero-order valence-electron chi connectivity index (χ0n) is 21.7. The lowest BCUT2D eigenvalue weighted by atomic mass is 9.84. The van der Waals surface area contributed by atoms with Crippen molar-refractivity contribution in [3.63, 3.8) is 0 Å². The van der Waals surface area contributed by atoms with Crippen LogP contribution >= 0.6 is 34.8 Å². The maximum Gasteiger partial charge on any atom is 0.416 e. The van der Waals surface area contributed by atoms with Gasteiger partial charge in [-0.3, -0.25) is 14.4 Å². The lowest BCUT2D eigenvalue weighted by molar-refractivity contribution is -0.141. The SMILES string of the molecule is CC(=O)N1CCC(C(=O)N2CCC(NC(=O)c3ccc(CCl)c(C(F)(F)F)c3)C(c3ccc(Cl)c(Cl)c3)C2)CC1. The first kappa shape index (κ1) is 30.5. The van der Waals surface area contributed by atoms with Gasteiger partial charge in [0.1, 0.15) is 0 Å². The summed E-state index contributed by atoms with van der Waals surface area (Å²) in [5.74, 6) is -1.60. The molecular formula is C28H29Cl3F3N3O3. The minimum Gasteiger partial charge on any atom is -0.349 e. The molecule has 12 heteroatoms. The summed E-state index contributed by atoms with van der Waals surface area (Å²) in [5, 5.41) is 3.56. The average Bonchev–Trinajstić information content (AvgIpc) is 2.93. The van der Waals surface area contributed by atoms with Gasteiger partial charge in [0, 0.05) is 62.4 Å². The number of carbonyl (C=O) groups is 3. The highest BCUT2D eigenvalue weighted by atomic mass is 35.5. The zero-order valence-corrected chi connectivity index (χ0v) is 24.0. The standard InChI is InChI=1S/C28H29Cl3F3N3O3/c1-16(38)36-9-6-17(7-10-36)27(40)37-11-8-25(21(15-37)18-4-5-23(30)24(31)13-18)35-26(39)19-2-3-20(14-29)22(12-19)28(32,33)34/h2-5,12-13,17,21,25H,6-11,14-15H2,1H3,(H,35,39). The summed E-state index contributed by atoms with van der Waals surface area (Å²) in [7, 11) is 0. The van der Waals surface area contributed by atoms with Crippen LogP contribution in [-0.2, 0) is 21.6 Å². The van der Waals surface area contributed by atoms with Crippen molar-refractivity contribution in [3.05, 3.63) is 68.7 Å². The number of alkyl halides is 4. The third kappa shape index (κ3) is 6.86. The molecule has 0 radical (unpaired) electrons. The Morgan fingerprint density at radius 3 is 2.23 bits per heavy atom. The molecule has 4 rings (SSSR count). The highest BCUT2D eigenvalue weighted by Gasteiger charge is 2.38. The fraction of sp³-hybridized carbons (Fsp3) is 0.464. The quantitative estimate of drug-likeness (QED) is 0.411. The number of likely N-dealkylation sites (tertiary alicyclic amines) is 2. The van der Waals surface area contributed by atoms with E-state index >= 15 is 0 Å². The van der Waals surface area contributed by atoms with Crippen molar-refractivity contribution in [2.45, 2.75) is 50.2 Å². The van der Waals surface area contributed by atoms with Crippen LogP contribution in [0.1, 0.15) is 59.2 Å². The maximum absolute atomic E-state index is 13.6. The van der Waals surface area contributed by atoms with Gasteiger partial charge in [-0.25, -0.2) is 0 Å². The number of carbonyl (C=O) groups excluding carboxylic acids is 3. The molecule has 2 aliphatic heterocycles. The third-order valence-corrected chi connectivity index (χ3v) is 8.75. The van der Waals surface area contributed by atoms with Crippen molar-refractivity contribution in [2.24, 2.45) is 5.92 Å². The topological polar surface area (TPSA) is 69.7 Å². The predicted molar refractivity (Wildman–Crippen MR) is 148 cm³/mol. The molecule has 2 atom stereocenters. The molecule has 2 heterocycles. The Bertz CT molecular complexity index is 1280. The van der Waals surface area contributed by atoms with Crippen LogP contribution in [0.15, 0.2) is 36.4 Å². The summed E-state index contributed by atoms with van der Waals surface area (Å²) in [6.07, 6.45) is -3.12. The van der Waals surface area contributed by atoms with E-state index in [1.165, 1.54) is 19.1 Å². The Morgan fingerprint density at radius 2 is 1.62 bits per heavy atom. The second-order valence-corrected chi connectivity index (χ2v) is 11.3. The van der Waals surface area contributed by atoms with E-state index in [0.717, 1.165) is 11.6 Å². The van der Waals surface area contributed by atoms with Gasteiger partial charge in [-0.2, -0.15) is 13.2 Å². The molecule has 0 aromatic heterocycles. The zero-order chi connectivity index (χ0) is 29.2. The van der Waals surface area contributed by atoms with Gasteiger partial charge in [-0.05, 0) is 54.7 Å². The fourth-order valence-electron chi connectivity index (χ4n) is 5.46. The predicted octanol–water partition coefficient (Wildman–Crippen LogP) is 6.12. The number of rotatable bonds is 5. The summed E-state index contributed by atoms with van der Waals surface area (Å²) in [5.41, 5.74) is -0.449. The molecule has 2 saturated heterocycles. The molecule has 216 valence electrons. The number of halogens is 6. The monoisotopic (exact) mass is 617 g/mol. The van der Waals surface area contributed by atoms with Gasteiger partial charge in [-0.1, -0.05) is 35.3 Å². The van der Waals surface area contributed by atoms with Gasteiger partial charge in [0.05, 0.1) is 15.6 Å². The first-order valence-electron chi connectivity index (χ1n) is 12.9. The summed E-state index contributed by atoms with van der Waals surface area (Å²) in [4.78, 5) is 41.8. The van der Waals surface area contributed by atoms with Gasteiger partial charge in [0.25, 0.3) is 5.91 Å². The van der Waals surface area contributed by atoms with Crippen LogP contribution in [0.4, 0.5) is 13.2 Å². The number of piperidine rings is 2. The van der Waals surface area contributed by atoms with Crippen molar-refractivity contribution < 1.29 is 27.6 Å². The van der Waals surface area contributed by atoms with E-state index in [4.69, 9.17) is 34.8 Å². The number of hydrogen-bond acceptors (Lipinski definition) is 3.